The van der Waals surface area contributed by atoms with Crippen molar-refractivity contribution < 1.29 is 27.5 Å². The van der Waals surface area contributed by atoms with Crippen molar-refractivity contribution in [1.29, 1.82) is 0 Å². The third-order valence-corrected chi connectivity index (χ3v) is 5.88. The third kappa shape index (κ3) is 6.00. The fourth-order valence-corrected chi connectivity index (χ4v) is 3.33. The summed E-state index contributed by atoms with van der Waals surface area (Å²) >= 11 is 1.31. The van der Waals surface area contributed by atoms with E-state index in [1.54, 1.807) is 17.5 Å². The van der Waals surface area contributed by atoms with E-state index in [0.29, 0.717) is 16.1 Å². The maximum Gasteiger partial charge on any atom is 0.306 e. The number of anilines is 1. The van der Waals surface area contributed by atoms with E-state index < -0.39 is 28.4 Å². The van der Waals surface area contributed by atoms with Gasteiger partial charge in [-0.2, -0.15) is 0 Å². The smallest absolute Gasteiger partial charge is 0.306 e. The Kier molecular flexibility index (Phi) is 6.86. The topological polar surface area (TPSA) is 97.8 Å². The summed E-state index contributed by atoms with van der Waals surface area (Å²) in [7, 11) is -1.98. The van der Waals surface area contributed by atoms with Crippen molar-refractivity contribution in [3.63, 3.8) is 0 Å². The van der Waals surface area contributed by atoms with Gasteiger partial charge in [0.2, 0.25) is 10.0 Å². The molecule has 27 heavy (non-hydrogen) atoms. The fourth-order valence-electron chi connectivity index (χ4n) is 2.13. The molecule has 2 aromatic rings. The van der Waals surface area contributed by atoms with Gasteiger partial charge in [0.15, 0.2) is 18.2 Å². The highest BCUT2D eigenvalue weighted by molar-refractivity contribution is 7.92. The maximum atomic E-state index is 12.1. The average Bonchev–Trinajstić information content (AvgIpc) is 3.17. The molecule has 0 spiro atoms. The van der Waals surface area contributed by atoms with Crippen LogP contribution in [0.2, 0.25) is 0 Å². The summed E-state index contributed by atoms with van der Waals surface area (Å²) in [6.07, 6.45) is 1.01. The van der Waals surface area contributed by atoms with Crippen LogP contribution in [0, 0.1) is 0 Å². The number of thiophene rings is 1. The summed E-state index contributed by atoms with van der Waals surface area (Å²) in [6, 6.07) is 9.37. The van der Waals surface area contributed by atoms with Gasteiger partial charge in [-0.25, -0.2) is 8.42 Å². The molecule has 0 bridgehead atoms. The Balaban J connectivity index is 1.83. The van der Waals surface area contributed by atoms with Gasteiger partial charge in [-0.3, -0.25) is 18.7 Å². The molecule has 0 atom stereocenters. The van der Waals surface area contributed by atoms with E-state index >= 15 is 0 Å². The predicted molar refractivity (Wildman–Crippen MR) is 103 cm³/mol. The Morgan fingerprint density at radius 1 is 1.04 bits per heavy atom. The number of carbonyl (C=O) groups excluding carboxylic acids is 3. The van der Waals surface area contributed by atoms with E-state index in [0.717, 1.165) is 10.6 Å². The first-order chi connectivity index (χ1) is 12.7. The number of esters is 1. The zero-order valence-electron chi connectivity index (χ0n) is 14.9. The summed E-state index contributed by atoms with van der Waals surface area (Å²) in [6.45, 7) is -0.437. The Morgan fingerprint density at radius 3 is 2.26 bits per heavy atom. The van der Waals surface area contributed by atoms with Crippen LogP contribution >= 0.6 is 11.3 Å². The number of hydrogen-bond acceptors (Lipinski definition) is 7. The number of carbonyl (C=O) groups is 3. The molecular formula is C18H19NO6S2. The van der Waals surface area contributed by atoms with Crippen molar-refractivity contribution in [2.45, 2.75) is 12.8 Å². The van der Waals surface area contributed by atoms with Gasteiger partial charge in [0, 0.05) is 19.0 Å². The van der Waals surface area contributed by atoms with Crippen molar-refractivity contribution in [1.82, 2.24) is 0 Å². The highest BCUT2D eigenvalue weighted by Gasteiger charge is 2.15. The Hall–Kier alpha value is -2.52. The monoisotopic (exact) mass is 409 g/mol. The minimum absolute atomic E-state index is 0.0278. The molecule has 0 unspecified atom stereocenters. The van der Waals surface area contributed by atoms with Crippen LogP contribution in [0.4, 0.5) is 5.69 Å². The van der Waals surface area contributed by atoms with E-state index in [2.05, 4.69) is 0 Å². The lowest BCUT2D eigenvalue weighted by molar-refractivity contribution is -0.142. The van der Waals surface area contributed by atoms with Gasteiger partial charge in [0.25, 0.3) is 0 Å². The summed E-state index contributed by atoms with van der Waals surface area (Å²) in [5.41, 5.74) is 0.709. The van der Waals surface area contributed by atoms with Crippen LogP contribution in [-0.4, -0.2) is 45.9 Å². The third-order valence-electron chi connectivity index (χ3n) is 3.77. The SMILES string of the molecule is CN(c1ccc(C(=O)COC(=O)CCC(=O)c2cccs2)cc1)S(C)(=O)=O. The second-order valence-corrected chi connectivity index (χ2v) is 8.72. The van der Waals surface area contributed by atoms with Crippen LogP contribution in [0.15, 0.2) is 41.8 Å². The largest absolute Gasteiger partial charge is 0.457 e. The molecule has 144 valence electrons. The number of nitrogens with zero attached hydrogens (tertiary/aromatic N) is 1. The van der Waals surface area contributed by atoms with E-state index in [1.807, 2.05) is 0 Å². The number of rotatable bonds is 9. The summed E-state index contributed by atoms with van der Waals surface area (Å²) < 4.78 is 29.0. The highest BCUT2D eigenvalue weighted by atomic mass is 32.2. The molecule has 0 aliphatic heterocycles. The Labute approximate surface area is 161 Å². The molecule has 0 fully saturated rings. The molecule has 0 aliphatic rings. The van der Waals surface area contributed by atoms with Crippen LogP contribution < -0.4 is 4.31 Å². The summed E-state index contributed by atoms with van der Waals surface area (Å²) in [5, 5.41) is 1.78. The highest BCUT2D eigenvalue weighted by Crippen LogP contribution is 2.17. The zero-order valence-corrected chi connectivity index (χ0v) is 16.5. The van der Waals surface area contributed by atoms with Gasteiger partial charge in [-0.15, -0.1) is 11.3 Å². The van der Waals surface area contributed by atoms with E-state index in [-0.39, 0.29) is 18.6 Å². The number of ketones is 2. The fraction of sp³-hybridized carbons (Fsp3) is 0.278. The molecule has 1 aromatic heterocycles. The second-order valence-electron chi connectivity index (χ2n) is 5.76. The lowest BCUT2D eigenvalue weighted by atomic mass is 10.1. The number of sulfonamides is 1. The number of benzene rings is 1. The molecule has 0 amide bonds. The van der Waals surface area contributed by atoms with E-state index in [1.165, 1.54) is 42.6 Å². The Morgan fingerprint density at radius 2 is 1.70 bits per heavy atom. The molecule has 1 aromatic carbocycles. The van der Waals surface area contributed by atoms with Crippen LogP contribution in [0.3, 0.4) is 0 Å². The Bertz CT molecular complexity index is 917. The predicted octanol–water partition coefficient (Wildman–Crippen LogP) is 2.53. The molecule has 0 saturated heterocycles. The maximum absolute atomic E-state index is 12.1. The van der Waals surface area contributed by atoms with Crippen molar-refractivity contribution in [3.05, 3.63) is 52.2 Å². The van der Waals surface area contributed by atoms with Crippen LogP contribution in [0.1, 0.15) is 32.9 Å². The second kappa shape index (κ2) is 8.92. The molecule has 0 radical (unpaired) electrons. The normalized spacial score (nSPS) is 11.0. The van der Waals surface area contributed by atoms with Gasteiger partial charge in [-0.05, 0) is 35.7 Å². The van der Waals surface area contributed by atoms with Gasteiger partial charge >= 0.3 is 5.97 Å². The van der Waals surface area contributed by atoms with E-state index in [9.17, 15) is 22.8 Å². The molecule has 7 nitrogen and oxygen atoms in total. The lowest BCUT2D eigenvalue weighted by Gasteiger charge is -2.16. The molecule has 9 heteroatoms. The van der Waals surface area contributed by atoms with Gasteiger partial charge in [0.1, 0.15) is 0 Å². The lowest BCUT2D eigenvalue weighted by Crippen LogP contribution is -2.24. The quantitative estimate of drug-likeness (QED) is 0.466. The molecule has 0 aliphatic carbocycles. The minimum atomic E-state index is -3.39. The summed E-state index contributed by atoms with van der Waals surface area (Å²) in [5.74, 6) is -1.18. The number of ether oxygens (including phenoxy) is 1. The molecule has 1 heterocycles. The molecule has 0 N–H and O–H groups in total. The molecular weight excluding hydrogens is 390 g/mol. The van der Waals surface area contributed by atoms with Gasteiger partial charge in [0.05, 0.1) is 23.2 Å². The first-order valence-electron chi connectivity index (χ1n) is 7.98. The van der Waals surface area contributed by atoms with Crippen LogP contribution in [0.5, 0.6) is 0 Å². The zero-order chi connectivity index (χ0) is 20.0. The van der Waals surface area contributed by atoms with Gasteiger partial charge in [-0.1, -0.05) is 6.07 Å². The first kappa shape index (κ1) is 20.8. The van der Waals surface area contributed by atoms with Gasteiger partial charge < -0.3 is 4.74 Å². The first-order valence-corrected chi connectivity index (χ1v) is 10.7. The van der Waals surface area contributed by atoms with Crippen LogP contribution in [0.25, 0.3) is 0 Å². The number of hydrogen-bond donors (Lipinski definition) is 0. The van der Waals surface area contributed by atoms with Crippen molar-refractivity contribution in [2.75, 3.05) is 24.2 Å². The number of Topliss-reactive ketones (excluding diaryl/α,β-unsaturated/α-hetero) is 2. The summed E-state index contributed by atoms with van der Waals surface area (Å²) in [4.78, 5) is 36.2. The molecule has 2 rings (SSSR count). The average molecular weight is 409 g/mol. The van der Waals surface area contributed by atoms with Crippen molar-refractivity contribution in [3.8, 4) is 0 Å². The van der Waals surface area contributed by atoms with Crippen molar-refractivity contribution in [2.24, 2.45) is 0 Å². The minimum Gasteiger partial charge on any atom is -0.457 e. The standard InChI is InChI=1S/C18H19NO6S2/c1-19(27(2,23)24)14-7-5-13(6-8-14)16(21)12-25-18(22)10-9-15(20)17-4-3-11-26-17/h3-8,11H,9-10,12H2,1-2H3. The molecule has 0 saturated carbocycles. The van der Waals surface area contributed by atoms with Crippen molar-refractivity contribution >= 4 is 44.6 Å². The van der Waals surface area contributed by atoms with Crippen LogP contribution in [-0.2, 0) is 19.6 Å². The van der Waals surface area contributed by atoms with E-state index in [4.69, 9.17) is 4.74 Å².